The molecule has 3 aromatic carbocycles. The molecule has 4 aromatic rings. The van der Waals surface area contributed by atoms with Crippen molar-refractivity contribution in [3.05, 3.63) is 72.6 Å². The van der Waals surface area contributed by atoms with E-state index >= 15 is 0 Å². The van der Waals surface area contributed by atoms with Crippen LogP contribution in [0.3, 0.4) is 0 Å². The van der Waals surface area contributed by atoms with Crippen molar-refractivity contribution in [1.29, 1.82) is 0 Å². The molecule has 158 valence electrons. The van der Waals surface area contributed by atoms with Crippen LogP contribution < -0.4 is 10.1 Å². The van der Waals surface area contributed by atoms with E-state index < -0.39 is 0 Å². The Hall–Kier alpha value is -3.38. The first-order valence-electron chi connectivity index (χ1n) is 10.7. The first-order valence-corrected chi connectivity index (χ1v) is 10.7. The summed E-state index contributed by atoms with van der Waals surface area (Å²) in [4.78, 5) is 17.1. The maximum Gasteiger partial charge on any atom is 0.249 e. The minimum absolute atomic E-state index is 0.0666. The van der Waals surface area contributed by atoms with Crippen LogP contribution in [0.1, 0.15) is 18.7 Å². The quantitative estimate of drug-likeness (QED) is 0.494. The summed E-state index contributed by atoms with van der Waals surface area (Å²) in [6, 6.07) is 22.3. The molecule has 6 heteroatoms. The molecule has 1 aliphatic heterocycles. The Bertz CT molecular complexity index is 1210. The normalized spacial score (nSPS) is 16.1. The van der Waals surface area contributed by atoms with Crippen molar-refractivity contribution < 1.29 is 14.3 Å². The number of hydrogen-bond acceptors (Lipinski definition) is 4. The zero-order chi connectivity index (χ0) is 21.0. The van der Waals surface area contributed by atoms with Crippen molar-refractivity contribution in [1.82, 2.24) is 14.9 Å². The van der Waals surface area contributed by atoms with E-state index in [1.165, 1.54) is 0 Å². The van der Waals surface area contributed by atoms with E-state index in [-0.39, 0.29) is 12.0 Å². The summed E-state index contributed by atoms with van der Waals surface area (Å²) in [5.41, 5.74) is 1.94. The molecule has 1 unspecified atom stereocenters. The summed E-state index contributed by atoms with van der Waals surface area (Å²) in [5.74, 6) is 1.62. The predicted octanol–water partition coefficient (Wildman–Crippen LogP) is 4.06. The first kappa shape index (κ1) is 19.6. The average molecular weight is 415 g/mol. The van der Waals surface area contributed by atoms with Gasteiger partial charge in [-0.25, -0.2) is 4.98 Å². The van der Waals surface area contributed by atoms with Crippen LogP contribution in [-0.4, -0.2) is 34.8 Å². The van der Waals surface area contributed by atoms with E-state index in [9.17, 15) is 4.79 Å². The van der Waals surface area contributed by atoms with Gasteiger partial charge in [-0.15, -0.1) is 0 Å². The molecule has 5 rings (SSSR count). The Morgan fingerprint density at radius 2 is 1.94 bits per heavy atom. The molecule has 1 atom stereocenters. The lowest BCUT2D eigenvalue weighted by molar-refractivity contribution is -0.130. The van der Waals surface area contributed by atoms with Crippen LogP contribution in [0, 0.1) is 0 Å². The highest BCUT2D eigenvalue weighted by Gasteiger charge is 2.23. The molecule has 2 heterocycles. The Morgan fingerprint density at radius 1 is 1.10 bits per heavy atom. The number of nitrogens with zero attached hydrogens (tertiary/aromatic N) is 2. The number of benzene rings is 3. The van der Waals surface area contributed by atoms with Gasteiger partial charge in [0.15, 0.2) is 0 Å². The van der Waals surface area contributed by atoms with E-state index in [0.29, 0.717) is 26.3 Å². The third kappa shape index (κ3) is 4.11. The van der Waals surface area contributed by atoms with Gasteiger partial charge in [-0.2, -0.15) is 0 Å². The van der Waals surface area contributed by atoms with Gasteiger partial charge in [-0.3, -0.25) is 4.79 Å². The second kappa shape index (κ2) is 8.78. The highest BCUT2D eigenvalue weighted by molar-refractivity contribution is 5.88. The van der Waals surface area contributed by atoms with E-state index in [1.807, 2.05) is 48.5 Å². The van der Waals surface area contributed by atoms with Gasteiger partial charge in [0.1, 0.15) is 24.3 Å². The van der Waals surface area contributed by atoms with Gasteiger partial charge in [0, 0.05) is 12.0 Å². The van der Waals surface area contributed by atoms with Gasteiger partial charge in [0.2, 0.25) is 5.91 Å². The van der Waals surface area contributed by atoms with Crippen molar-refractivity contribution in [2.24, 2.45) is 0 Å². The summed E-state index contributed by atoms with van der Waals surface area (Å²) in [7, 11) is 0. The zero-order valence-electron chi connectivity index (χ0n) is 17.3. The summed E-state index contributed by atoms with van der Waals surface area (Å²) in [6.07, 6.45) is 1.37. The molecular formula is C25H25N3O3. The molecule has 1 saturated heterocycles. The van der Waals surface area contributed by atoms with E-state index in [2.05, 4.69) is 28.1 Å². The summed E-state index contributed by atoms with van der Waals surface area (Å²) in [5, 5.41) is 5.25. The van der Waals surface area contributed by atoms with Gasteiger partial charge in [-0.05, 0) is 36.4 Å². The maximum absolute atomic E-state index is 12.4. The number of aromatic nitrogens is 2. The molecule has 1 amide bonds. The van der Waals surface area contributed by atoms with Gasteiger partial charge in [-0.1, -0.05) is 48.5 Å². The van der Waals surface area contributed by atoms with Crippen molar-refractivity contribution >= 4 is 27.7 Å². The number of nitrogens with one attached hydrogen (secondary N) is 1. The number of para-hydroxylation sites is 2. The first-order chi connectivity index (χ1) is 15.3. The molecule has 0 saturated carbocycles. The molecule has 0 aliphatic carbocycles. The summed E-state index contributed by atoms with van der Waals surface area (Å²) < 4.78 is 13.8. The molecule has 6 nitrogen and oxygen atoms in total. The third-order valence-electron chi connectivity index (χ3n) is 5.70. The van der Waals surface area contributed by atoms with E-state index in [1.54, 1.807) is 0 Å². The molecule has 1 aliphatic rings. The summed E-state index contributed by atoms with van der Waals surface area (Å²) in [6.45, 7) is 2.15. The van der Waals surface area contributed by atoms with Crippen LogP contribution in [0.25, 0.3) is 21.8 Å². The fourth-order valence-electron chi connectivity index (χ4n) is 4.14. The lowest BCUT2D eigenvalue weighted by Gasteiger charge is -2.14. The maximum atomic E-state index is 12.4. The third-order valence-corrected chi connectivity index (χ3v) is 5.70. The van der Waals surface area contributed by atoms with Crippen LogP contribution in [-0.2, 0) is 22.6 Å². The predicted molar refractivity (Wildman–Crippen MR) is 120 cm³/mol. The topological polar surface area (TPSA) is 65.4 Å². The van der Waals surface area contributed by atoms with E-state index in [0.717, 1.165) is 46.2 Å². The molecule has 0 bridgehead atoms. The van der Waals surface area contributed by atoms with Gasteiger partial charge >= 0.3 is 0 Å². The van der Waals surface area contributed by atoms with Crippen molar-refractivity contribution in [2.75, 3.05) is 13.2 Å². The Morgan fingerprint density at radius 3 is 2.84 bits per heavy atom. The van der Waals surface area contributed by atoms with Crippen LogP contribution in [0.4, 0.5) is 0 Å². The Labute approximate surface area is 180 Å². The number of hydrogen-bond donors (Lipinski definition) is 1. The second-order valence-electron chi connectivity index (χ2n) is 7.71. The molecule has 0 radical (unpaired) electrons. The van der Waals surface area contributed by atoms with Crippen LogP contribution in [0.2, 0.25) is 0 Å². The SMILES string of the molecule is O=C(NCc1nc2ccccc2n1CCOc1cccc2ccccc12)C1CCCO1. The summed E-state index contributed by atoms with van der Waals surface area (Å²) >= 11 is 0. The highest BCUT2D eigenvalue weighted by Crippen LogP contribution is 2.25. The minimum Gasteiger partial charge on any atom is -0.491 e. The van der Waals surface area contributed by atoms with Crippen LogP contribution >= 0.6 is 0 Å². The van der Waals surface area contributed by atoms with Crippen molar-refractivity contribution in [2.45, 2.75) is 32.0 Å². The highest BCUT2D eigenvalue weighted by atomic mass is 16.5. The monoisotopic (exact) mass is 415 g/mol. The smallest absolute Gasteiger partial charge is 0.249 e. The standard InChI is InChI=1S/C25H25N3O3/c29-25(23-13-6-15-30-23)26-17-24-27-20-10-3-4-11-21(20)28(24)14-16-31-22-12-5-8-18-7-1-2-9-19(18)22/h1-5,7-12,23H,6,13-17H2,(H,26,29). The van der Waals surface area contributed by atoms with E-state index in [4.69, 9.17) is 14.5 Å². The van der Waals surface area contributed by atoms with Crippen LogP contribution in [0.5, 0.6) is 5.75 Å². The largest absolute Gasteiger partial charge is 0.491 e. The number of imidazole rings is 1. The number of amides is 1. The minimum atomic E-state index is -0.340. The lowest BCUT2D eigenvalue weighted by Crippen LogP contribution is -2.34. The Balaban J connectivity index is 1.32. The lowest BCUT2D eigenvalue weighted by atomic mass is 10.1. The van der Waals surface area contributed by atoms with Crippen molar-refractivity contribution in [3.63, 3.8) is 0 Å². The van der Waals surface area contributed by atoms with Gasteiger partial charge in [0.25, 0.3) is 0 Å². The van der Waals surface area contributed by atoms with Gasteiger partial charge in [0.05, 0.1) is 24.1 Å². The molecule has 1 N–H and O–H groups in total. The average Bonchev–Trinajstić information content (AvgIpc) is 3.46. The number of carbonyl (C=O) groups is 1. The fourth-order valence-corrected chi connectivity index (χ4v) is 4.14. The van der Waals surface area contributed by atoms with Crippen LogP contribution in [0.15, 0.2) is 66.7 Å². The second-order valence-corrected chi connectivity index (χ2v) is 7.71. The molecule has 1 fully saturated rings. The Kier molecular flexibility index (Phi) is 5.54. The fraction of sp³-hybridized carbons (Fsp3) is 0.280. The number of ether oxygens (including phenoxy) is 2. The zero-order valence-corrected chi connectivity index (χ0v) is 17.3. The molecular weight excluding hydrogens is 390 g/mol. The molecule has 31 heavy (non-hydrogen) atoms. The van der Waals surface area contributed by atoms with Gasteiger partial charge < -0.3 is 19.4 Å². The number of fused-ring (bicyclic) bond motifs is 2. The molecule has 1 aromatic heterocycles. The molecule has 0 spiro atoms. The number of carbonyl (C=O) groups excluding carboxylic acids is 1. The van der Waals surface area contributed by atoms with Crippen molar-refractivity contribution in [3.8, 4) is 5.75 Å². The number of rotatable bonds is 7.